The number of carbonyl (C=O) groups is 4. The molecule has 0 aromatic rings. The molecule has 1 aliphatic heterocycles. The van der Waals surface area contributed by atoms with Crippen molar-refractivity contribution in [3.8, 4) is 0 Å². The van der Waals surface area contributed by atoms with Gasteiger partial charge in [0.25, 0.3) is 0 Å². The van der Waals surface area contributed by atoms with Crippen LogP contribution < -0.4 is 0 Å². The predicted molar refractivity (Wildman–Crippen MR) is 64.6 cm³/mol. The number of carboxylic acid groups (broad SMARTS) is 1. The Morgan fingerprint density at radius 1 is 1.20 bits per heavy atom. The highest BCUT2D eigenvalue weighted by Crippen LogP contribution is 2.12. The number of hydrogen-bond acceptors (Lipinski definition) is 6. The van der Waals surface area contributed by atoms with Gasteiger partial charge in [0.2, 0.25) is 17.7 Å². The summed E-state index contributed by atoms with van der Waals surface area (Å²) in [5.74, 6) is -2.58. The molecule has 0 aromatic heterocycles. The van der Waals surface area contributed by atoms with Gasteiger partial charge in [-0.1, -0.05) is 0 Å². The minimum atomic E-state index is -1.06. The summed E-state index contributed by atoms with van der Waals surface area (Å²) in [5.41, 5.74) is 0. The van der Waals surface area contributed by atoms with E-state index in [4.69, 9.17) is 14.6 Å². The second kappa shape index (κ2) is 7.71. The average molecular weight is 287 g/mol. The quantitative estimate of drug-likeness (QED) is 0.476. The van der Waals surface area contributed by atoms with Crippen LogP contribution in [-0.4, -0.2) is 59.6 Å². The first kappa shape index (κ1) is 16.3. The standard InChI is InChI=1S/C12H17NO7/c1-8(12(17)18)20-7-6-19-5-4-11(16)13-9(14)2-3-10(13)15/h8H,2-7H2,1H3,(H,17,18). The van der Waals surface area contributed by atoms with E-state index in [1.165, 1.54) is 6.92 Å². The van der Waals surface area contributed by atoms with Gasteiger partial charge in [-0.15, -0.1) is 0 Å². The Morgan fingerprint density at radius 3 is 2.35 bits per heavy atom. The molecular formula is C12H17NO7. The van der Waals surface area contributed by atoms with E-state index in [1.807, 2.05) is 0 Å². The minimum absolute atomic E-state index is 0.0424. The summed E-state index contributed by atoms with van der Waals surface area (Å²) in [6.45, 7) is 1.66. The maximum absolute atomic E-state index is 11.6. The third kappa shape index (κ3) is 4.71. The molecule has 3 amide bonds. The summed E-state index contributed by atoms with van der Waals surface area (Å²) in [4.78, 5) is 45.2. The number of rotatable bonds is 8. The maximum Gasteiger partial charge on any atom is 0.332 e. The fourth-order valence-corrected chi connectivity index (χ4v) is 1.58. The molecule has 8 heteroatoms. The van der Waals surface area contributed by atoms with Gasteiger partial charge in [0.05, 0.1) is 26.2 Å². The molecule has 1 unspecified atom stereocenters. The fourth-order valence-electron chi connectivity index (χ4n) is 1.58. The highest BCUT2D eigenvalue weighted by Gasteiger charge is 2.33. The molecule has 20 heavy (non-hydrogen) atoms. The van der Waals surface area contributed by atoms with Crippen LogP contribution in [0.1, 0.15) is 26.2 Å². The molecule has 1 saturated heterocycles. The second-order valence-electron chi connectivity index (χ2n) is 4.23. The van der Waals surface area contributed by atoms with E-state index < -0.39 is 29.8 Å². The minimum Gasteiger partial charge on any atom is -0.479 e. The Morgan fingerprint density at radius 2 is 1.80 bits per heavy atom. The number of likely N-dealkylation sites (tertiary alicyclic amines) is 1. The topological polar surface area (TPSA) is 110 Å². The number of carbonyl (C=O) groups excluding carboxylic acids is 3. The summed E-state index contributed by atoms with van der Waals surface area (Å²) in [5, 5.41) is 8.55. The van der Waals surface area contributed by atoms with Gasteiger partial charge in [-0.05, 0) is 6.92 Å². The second-order valence-corrected chi connectivity index (χ2v) is 4.23. The van der Waals surface area contributed by atoms with Crippen molar-refractivity contribution in [3.63, 3.8) is 0 Å². The molecular weight excluding hydrogens is 270 g/mol. The molecule has 0 aromatic carbocycles. The van der Waals surface area contributed by atoms with Crippen molar-refractivity contribution in [2.24, 2.45) is 0 Å². The van der Waals surface area contributed by atoms with Crippen LogP contribution in [0.4, 0.5) is 0 Å². The zero-order valence-corrected chi connectivity index (χ0v) is 11.2. The van der Waals surface area contributed by atoms with Gasteiger partial charge in [0, 0.05) is 12.8 Å². The zero-order chi connectivity index (χ0) is 15.1. The summed E-state index contributed by atoms with van der Waals surface area (Å²) in [7, 11) is 0. The third-order valence-electron chi connectivity index (χ3n) is 2.70. The van der Waals surface area contributed by atoms with Crippen LogP contribution in [0.5, 0.6) is 0 Å². The Hall–Kier alpha value is -1.80. The van der Waals surface area contributed by atoms with Gasteiger partial charge in [0.15, 0.2) is 6.10 Å². The van der Waals surface area contributed by atoms with Gasteiger partial charge in [-0.3, -0.25) is 14.4 Å². The van der Waals surface area contributed by atoms with Crippen molar-refractivity contribution in [2.45, 2.75) is 32.3 Å². The SMILES string of the molecule is CC(OCCOCCC(=O)N1C(=O)CCC1=O)C(=O)O. The van der Waals surface area contributed by atoms with Crippen molar-refractivity contribution in [1.29, 1.82) is 0 Å². The molecule has 1 N–H and O–H groups in total. The van der Waals surface area contributed by atoms with Gasteiger partial charge < -0.3 is 14.6 Å². The lowest BCUT2D eigenvalue weighted by molar-refractivity contribution is -0.150. The third-order valence-corrected chi connectivity index (χ3v) is 2.70. The molecule has 1 atom stereocenters. The number of amides is 3. The first-order valence-corrected chi connectivity index (χ1v) is 6.24. The number of hydrogen-bond donors (Lipinski definition) is 1. The Labute approximate surface area is 115 Å². The molecule has 1 aliphatic rings. The smallest absolute Gasteiger partial charge is 0.332 e. The van der Waals surface area contributed by atoms with Gasteiger partial charge >= 0.3 is 5.97 Å². The first-order valence-electron chi connectivity index (χ1n) is 6.24. The van der Waals surface area contributed by atoms with E-state index in [2.05, 4.69) is 0 Å². The van der Waals surface area contributed by atoms with Crippen molar-refractivity contribution >= 4 is 23.7 Å². The highest BCUT2D eigenvalue weighted by atomic mass is 16.5. The van der Waals surface area contributed by atoms with Gasteiger partial charge in [-0.25, -0.2) is 9.69 Å². The van der Waals surface area contributed by atoms with E-state index in [9.17, 15) is 19.2 Å². The molecule has 8 nitrogen and oxygen atoms in total. The van der Waals surface area contributed by atoms with E-state index in [1.54, 1.807) is 0 Å². The van der Waals surface area contributed by atoms with Crippen LogP contribution in [-0.2, 0) is 28.7 Å². The van der Waals surface area contributed by atoms with Crippen LogP contribution >= 0.6 is 0 Å². The van der Waals surface area contributed by atoms with Crippen LogP contribution in [0.2, 0.25) is 0 Å². The monoisotopic (exact) mass is 287 g/mol. The maximum atomic E-state index is 11.6. The molecule has 1 fully saturated rings. The molecule has 0 saturated carbocycles. The largest absolute Gasteiger partial charge is 0.479 e. The van der Waals surface area contributed by atoms with Gasteiger partial charge in [-0.2, -0.15) is 0 Å². The van der Waals surface area contributed by atoms with Crippen LogP contribution in [0.25, 0.3) is 0 Å². The Kier molecular flexibility index (Phi) is 6.26. The number of carboxylic acids is 1. The molecule has 112 valence electrons. The average Bonchev–Trinajstić information content (AvgIpc) is 2.72. The number of aliphatic carboxylic acids is 1. The van der Waals surface area contributed by atoms with Gasteiger partial charge in [0.1, 0.15) is 0 Å². The van der Waals surface area contributed by atoms with Crippen molar-refractivity contribution in [2.75, 3.05) is 19.8 Å². The predicted octanol–water partition coefficient (Wildman–Crippen LogP) is -0.442. The van der Waals surface area contributed by atoms with E-state index in [-0.39, 0.29) is 39.1 Å². The molecule has 0 spiro atoms. The molecule has 0 bridgehead atoms. The van der Waals surface area contributed by atoms with Crippen molar-refractivity contribution < 1.29 is 33.8 Å². The summed E-state index contributed by atoms with van der Waals surface area (Å²) < 4.78 is 9.99. The van der Waals surface area contributed by atoms with Crippen LogP contribution in [0.15, 0.2) is 0 Å². The number of nitrogens with zero attached hydrogens (tertiary/aromatic N) is 1. The number of imide groups is 3. The lowest BCUT2D eigenvalue weighted by atomic mass is 10.4. The fraction of sp³-hybridized carbons (Fsp3) is 0.667. The highest BCUT2D eigenvalue weighted by molar-refractivity contribution is 6.14. The summed E-state index contributed by atoms with van der Waals surface area (Å²) in [6.07, 6.45) is -0.843. The molecule has 0 radical (unpaired) electrons. The van der Waals surface area contributed by atoms with E-state index in [0.717, 1.165) is 0 Å². The lowest BCUT2D eigenvalue weighted by Crippen LogP contribution is -2.36. The Bertz CT molecular complexity index is 391. The van der Waals surface area contributed by atoms with Crippen molar-refractivity contribution in [3.05, 3.63) is 0 Å². The molecule has 1 rings (SSSR count). The zero-order valence-electron chi connectivity index (χ0n) is 11.2. The number of ether oxygens (including phenoxy) is 2. The van der Waals surface area contributed by atoms with Crippen LogP contribution in [0.3, 0.4) is 0 Å². The Balaban J connectivity index is 2.12. The molecule has 0 aliphatic carbocycles. The first-order chi connectivity index (χ1) is 9.43. The van der Waals surface area contributed by atoms with E-state index in [0.29, 0.717) is 4.90 Å². The van der Waals surface area contributed by atoms with Crippen molar-refractivity contribution in [1.82, 2.24) is 4.90 Å². The van der Waals surface area contributed by atoms with E-state index >= 15 is 0 Å². The lowest BCUT2D eigenvalue weighted by Gasteiger charge is -2.12. The van der Waals surface area contributed by atoms with Crippen LogP contribution in [0, 0.1) is 0 Å². The summed E-state index contributed by atoms with van der Waals surface area (Å²) >= 11 is 0. The normalized spacial score (nSPS) is 16.6. The summed E-state index contributed by atoms with van der Waals surface area (Å²) in [6, 6.07) is 0. The molecule has 1 heterocycles.